The van der Waals surface area contributed by atoms with E-state index in [1.54, 1.807) is 23.2 Å². The molecule has 7 heteroatoms. The van der Waals surface area contributed by atoms with Crippen molar-refractivity contribution in [3.63, 3.8) is 0 Å². The zero-order chi connectivity index (χ0) is 17.3. The Balaban J connectivity index is 1.85. The third-order valence-electron chi connectivity index (χ3n) is 4.15. The van der Waals surface area contributed by atoms with Gasteiger partial charge in [0.25, 0.3) is 11.5 Å². The molecule has 0 saturated carbocycles. The average molecular weight is 347 g/mol. The Labute approximate surface area is 144 Å². The van der Waals surface area contributed by atoms with Crippen LogP contribution in [0, 0.1) is 6.92 Å². The SMILES string of the molecule is Cc1nc(C(C)C)[nH]c(=O)c1C(=O)N1CCOC(c2ccsc2)C1. The Morgan fingerprint density at radius 2 is 2.29 bits per heavy atom. The zero-order valence-electron chi connectivity index (χ0n) is 14.0. The minimum Gasteiger partial charge on any atom is -0.370 e. The summed E-state index contributed by atoms with van der Waals surface area (Å²) in [5, 5.41) is 4.01. The summed E-state index contributed by atoms with van der Waals surface area (Å²) in [5.41, 5.74) is 1.31. The highest BCUT2D eigenvalue weighted by molar-refractivity contribution is 7.07. The topological polar surface area (TPSA) is 75.3 Å². The quantitative estimate of drug-likeness (QED) is 0.925. The van der Waals surface area contributed by atoms with Gasteiger partial charge in [-0.3, -0.25) is 9.59 Å². The van der Waals surface area contributed by atoms with Gasteiger partial charge in [0.1, 0.15) is 17.5 Å². The summed E-state index contributed by atoms with van der Waals surface area (Å²) in [7, 11) is 0. The maximum absolute atomic E-state index is 12.9. The lowest BCUT2D eigenvalue weighted by Gasteiger charge is -2.32. The first-order valence-electron chi connectivity index (χ1n) is 8.01. The van der Waals surface area contributed by atoms with Crippen LogP contribution in [0.25, 0.3) is 0 Å². The summed E-state index contributed by atoms with van der Waals surface area (Å²) in [6.45, 7) is 7.00. The molecular formula is C17H21N3O3S. The fourth-order valence-corrected chi connectivity index (χ4v) is 3.49. The second-order valence-corrected chi connectivity index (χ2v) is 7.01. The molecule has 0 aromatic carbocycles. The number of aromatic amines is 1. The number of hydrogen-bond donors (Lipinski definition) is 1. The number of hydrogen-bond acceptors (Lipinski definition) is 5. The molecule has 0 bridgehead atoms. The standard InChI is InChI=1S/C17H21N3O3S/c1-10(2)15-18-11(3)14(16(21)19-15)17(22)20-5-6-23-13(8-20)12-4-7-24-9-12/h4,7,9-10,13H,5-6,8H2,1-3H3,(H,18,19,21). The molecule has 1 fully saturated rings. The number of nitrogens with one attached hydrogen (secondary N) is 1. The van der Waals surface area contributed by atoms with Gasteiger partial charge in [0, 0.05) is 12.5 Å². The van der Waals surface area contributed by atoms with E-state index in [4.69, 9.17) is 4.74 Å². The zero-order valence-corrected chi connectivity index (χ0v) is 14.9. The highest BCUT2D eigenvalue weighted by Gasteiger charge is 2.29. The van der Waals surface area contributed by atoms with Gasteiger partial charge in [0.15, 0.2) is 0 Å². The van der Waals surface area contributed by atoms with Crippen molar-refractivity contribution >= 4 is 17.2 Å². The summed E-state index contributed by atoms with van der Waals surface area (Å²) in [6, 6.07) is 2.00. The number of aryl methyl sites for hydroxylation is 1. The first-order valence-corrected chi connectivity index (χ1v) is 8.95. The van der Waals surface area contributed by atoms with Crippen LogP contribution >= 0.6 is 11.3 Å². The van der Waals surface area contributed by atoms with Crippen LogP contribution in [0.3, 0.4) is 0 Å². The lowest BCUT2D eigenvalue weighted by Crippen LogP contribution is -2.44. The fraction of sp³-hybridized carbons (Fsp3) is 0.471. The summed E-state index contributed by atoms with van der Waals surface area (Å²) in [5.74, 6) is 0.430. The predicted octanol–water partition coefficient (Wildman–Crippen LogP) is 2.48. The molecule has 1 atom stereocenters. The van der Waals surface area contributed by atoms with Gasteiger partial charge in [0.2, 0.25) is 0 Å². The van der Waals surface area contributed by atoms with Crippen LogP contribution in [-0.2, 0) is 4.74 Å². The number of H-pyrrole nitrogens is 1. The van der Waals surface area contributed by atoms with Gasteiger partial charge in [0.05, 0.1) is 18.8 Å². The molecule has 3 heterocycles. The molecule has 1 aliphatic heterocycles. The monoisotopic (exact) mass is 347 g/mol. The third kappa shape index (κ3) is 3.27. The van der Waals surface area contributed by atoms with Crippen molar-refractivity contribution in [2.24, 2.45) is 0 Å². The second kappa shape index (κ2) is 6.86. The molecule has 128 valence electrons. The molecule has 1 aliphatic rings. The van der Waals surface area contributed by atoms with Crippen LogP contribution in [0.2, 0.25) is 0 Å². The molecule has 0 aliphatic carbocycles. The van der Waals surface area contributed by atoms with Crippen molar-refractivity contribution in [3.05, 3.63) is 49.8 Å². The van der Waals surface area contributed by atoms with E-state index in [1.807, 2.05) is 30.7 Å². The molecule has 2 aromatic rings. The summed E-state index contributed by atoms with van der Waals surface area (Å²) < 4.78 is 5.76. The smallest absolute Gasteiger partial charge is 0.264 e. The van der Waals surface area contributed by atoms with Gasteiger partial charge in [-0.2, -0.15) is 11.3 Å². The number of morpholine rings is 1. The molecule has 1 unspecified atom stereocenters. The van der Waals surface area contributed by atoms with Crippen LogP contribution < -0.4 is 5.56 Å². The molecule has 2 aromatic heterocycles. The van der Waals surface area contributed by atoms with Crippen LogP contribution in [0.15, 0.2) is 21.6 Å². The van der Waals surface area contributed by atoms with E-state index in [9.17, 15) is 9.59 Å². The van der Waals surface area contributed by atoms with Gasteiger partial charge >= 0.3 is 0 Å². The van der Waals surface area contributed by atoms with Crippen molar-refractivity contribution in [2.75, 3.05) is 19.7 Å². The first kappa shape index (κ1) is 16.9. The van der Waals surface area contributed by atoms with E-state index < -0.39 is 0 Å². The van der Waals surface area contributed by atoms with E-state index >= 15 is 0 Å². The third-order valence-corrected chi connectivity index (χ3v) is 4.85. The predicted molar refractivity (Wildman–Crippen MR) is 92.6 cm³/mol. The molecule has 1 saturated heterocycles. The highest BCUT2D eigenvalue weighted by Crippen LogP contribution is 2.25. The normalized spacial score (nSPS) is 18.2. The Morgan fingerprint density at radius 1 is 1.50 bits per heavy atom. The number of carbonyl (C=O) groups is 1. The van der Waals surface area contributed by atoms with Gasteiger partial charge in [-0.05, 0) is 29.3 Å². The Bertz CT molecular complexity index is 783. The lowest BCUT2D eigenvalue weighted by molar-refractivity contribution is -0.0227. The minimum atomic E-state index is -0.366. The van der Waals surface area contributed by atoms with E-state index in [2.05, 4.69) is 9.97 Å². The van der Waals surface area contributed by atoms with Crippen LogP contribution in [0.5, 0.6) is 0 Å². The summed E-state index contributed by atoms with van der Waals surface area (Å²) in [6.07, 6.45) is -0.142. The minimum absolute atomic E-state index is 0.104. The van der Waals surface area contributed by atoms with Gasteiger partial charge in [-0.25, -0.2) is 4.98 Å². The molecule has 1 amide bonds. The number of ether oxygens (including phenoxy) is 1. The Morgan fingerprint density at radius 3 is 2.92 bits per heavy atom. The highest BCUT2D eigenvalue weighted by atomic mass is 32.1. The Hall–Kier alpha value is -1.99. The molecule has 1 N–H and O–H groups in total. The van der Waals surface area contributed by atoms with Gasteiger partial charge in [-0.15, -0.1) is 0 Å². The van der Waals surface area contributed by atoms with Gasteiger partial charge < -0.3 is 14.6 Å². The number of aromatic nitrogens is 2. The van der Waals surface area contributed by atoms with E-state index in [-0.39, 0.29) is 29.1 Å². The van der Waals surface area contributed by atoms with Crippen molar-refractivity contribution in [1.82, 2.24) is 14.9 Å². The van der Waals surface area contributed by atoms with E-state index in [0.717, 1.165) is 5.56 Å². The number of thiophene rings is 1. The maximum atomic E-state index is 12.9. The lowest BCUT2D eigenvalue weighted by atomic mass is 10.1. The van der Waals surface area contributed by atoms with Crippen LogP contribution in [0.4, 0.5) is 0 Å². The molecule has 6 nitrogen and oxygen atoms in total. The average Bonchev–Trinajstić information content (AvgIpc) is 3.08. The Kier molecular flexibility index (Phi) is 4.82. The number of rotatable bonds is 3. The van der Waals surface area contributed by atoms with Crippen molar-refractivity contribution < 1.29 is 9.53 Å². The maximum Gasteiger partial charge on any atom is 0.264 e. The number of nitrogens with zero attached hydrogens (tertiary/aromatic N) is 2. The number of carbonyl (C=O) groups excluding carboxylic acids is 1. The first-order chi connectivity index (χ1) is 11.5. The van der Waals surface area contributed by atoms with Crippen LogP contribution in [-0.4, -0.2) is 40.5 Å². The van der Waals surface area contributed by atoms with E-state index in [1.165, 1.54) is 0 Å². The molecule has 0 radical (unpaired) electrons. The second-order valence-electron chi connectivity index (χ2n) is 6.23. The molecule has 3 rings (SSSR count). The van der Waals surface area contributed by atoms with Crippen molar-refractivity contribution in [2.45, 2.75) is 32.8 Å². The van der Waals surface area contributed by atoms with E-state index in [0.29, 0.717) is 31.2 Å². The summed E-state index contributed by atoms with van der Waals surface area (Å²) in [4.78, 5) is 34.0. The summed E-state index contributed by atoms with van der Waals surface area (Å²) >= 11 is 1.60. The number of amides is 1. The molecule has 24 heavy (non-hydrogen) atoms. The fourth-order valence-electron chi connectivity index (χ4n) is 2.78. The van der Waals surface area contributed by atoms with Crippen molar-refractivity contribution in [3.8, 4) is 0 Å². The van der Waals surface area contributed by atoms with Gasteiger partial charge in [-0.1, -0.05) is 13.8 Å². The molecule has 0 spiro atoms. The van der Waals surface area contributed by atoms with Crippen molar-refractivity contribution in [1.29, 1.82) is 0 Å². The largest absolute Gasteiger partial charge is 0.370 e. The molecular weight excluding hydrogens is 326 g/mol. The van der Waals surface area contributed by atoms with Crippen LogP contribution in [0.1, 0.15) is 53.3 Å².